The molecule has 55 heavy (non-hydrogen) atoms. The van der Waals surface area contributed by atoms with Crippen LogP contribution in [-0.2, 0) is 69.8 Å². The van der Waals surface area contributed by atoms with E-state index in [9.17, 15) is 0 Å². The first-order chi connectivity index (χ1) is 25.7. The first-order valence-corrected chi connectivity index (χ1v) is 19.6. The Morgan fingerprint density at radius 3 is 1.20 bits per heavy atom. The van der Waals surface area contributed by atoms with Gasteiger partial charge in [-0.3, -0.25) is 39.2 Å². The van der Waals surface area contributed by atoms with E-state index in [0.717, 1.165) is 59.6 Å². The minimum atomic E-state index is -5.17. The quantitative estimate of drug-likeness (QED) is 0.0407. The van der Waals surface area contributed by atoms with Crippen molar-refractivity contribution in [2.24, 2.45) is 20.2 Å². The molecule has 17 heteroatoms. The van der Waals surface area contributed by atoms with Gasteiger partial charge < -0.3 is 34.4 Å². The Balaban J connectivity index is 0.000000328. The maximum absolute atomic E-state index is 8.52. The van der Waals surface area contributed by atoms with Gasteiger partial charge in [-0.1, -0.05) is 111 Å². The van der Waals surface area contributed by atoms with Crippen LogP contribution in [0, 0.1) is 0 Å². The van der Waals surface area contributed by atoms with Gasteiger partial charge in [0.15, 0.2) is 0 Å². The number of nitrogens with one attached hydrogen (secondary N) is 2. The third-order valence-electron chi connectivity index (χ3n) is 8.19. The monoisotopic (exact) mass is 896 g/mol. The molecular formula is C38H42Cu2N8O4S3. The van der Waals surface area contributed by atoms with Gasteiger partial charge in [0, 0.05) is 46.0 Å². The molecule has 2 aromatic heterocycles. The van der Waals surface area contributed by atoms with E-state index in [4.69, 9.17) is 42.8 Å². The Hall–Kier alpha value is -3.63. The fourth-order valence-corrected chi connectivity index (χ4v) is 6.14. The van der Waals surface area contributed by atoms with E-state index in [1.54, 1.807) is 12.4 Å². The van der Waals surface area contributed by atoms with Gasteiger partial charge in [-0.15, -0.1) is 0 Å². The van der Waals surface area contributed by atoms with Gasteiger partial charge in [-0.05, 0) is 60.3 Å². The second-order valence-electron chi connectivity index (χ2n) is 12.2. The number of pyridine rings is 2. The van der Waals surface area contributed by atoms with Crippen LogP contribution >= 0.6 is 0 Å². The molecule has 0 bridgehead atoms. The number of amidine groups is 2. The Morgan fingerprint density at radius 1 is 0.564 bits per heavy atom. The Bertz CT molecular complexity index is 1680. The van der Waals surface area contributed by atoms with Crippen LogP contribution in [0.1, 0.15) is 86.7 Å². The van der Waals surface area contributed by atoms with Gasteiger partial charge in [0.25, 0.3) is 0 Å². The fraction of sp³-hybridized carbons (Fsp3) is 0.316. The van der Waals surface area contributed by atoms with Gasteiger partial charge >= 0.3 is 34.1 Å². The van der Waals surface area contributed by atoms with Gasteiger partial charge in [0.05, 0.1) is 11.4 Å². The third kappa shape index (κ3) is 19.2. The SMILES string of the molecule is O=S(=O)([O-])[O-].[Cu+2].[Cu+2].[S-]C(=NC1CCCCC1)N/N=C(/c1ccccc1)c1ccccn1.[S-]C(=NC1CCCCC1)N/N=C(/c1ccccc1)c1ccccn1. The van der Waals surface area contributed by atoms with E-state index >= 15 is 0 Å². The smallest absolute Gasteiger partial charge is 0.759 e. The molecule has 12 nitrogen and oxygen atoms in total. The molecule has 0 amide bonds. The van der Waals surface area contributed by atoms with Gasteiger partial charge in [0.2, 0.25) is 0 Å². The summed E-state index contributed by atoms with van der Waals surface area (Å²) in [5, 5.41) is 9.90. The molecule has 2 aliphatic carbocycles. The van der Waals surface area contributed by atoms with Crippen molar-refractivity contribution >= 4 is 57.4 Å². The normalized spacial score (nSPS) is 15.7. The Morgan fingerprint density at radius 2 is 0.891 bits per heavy atom. The Labute approximate surface area is 356 Å². The summed E-state index contributed by atoms with van der Waals surface area (Å²) in [7, 11) is -5.17. The zero-order valence-corrected chi connectivity index (χ0v) is 34.1. The van der Waals surface area contributed by atoms with Crippen LogP contribution in [0.2, 0.25) is 0 Å². The van der Waals surface area contributed by atoms with Crippen molar-refractivity contribution in [1.29, 1.82) is 0 Å². The predicted octanol–water partition coefficient (Wildman–Crippen LogP) is 5.98. The molecule has 0 saturated heterocycles. The summed E-state index contributed by atoms with van der Waals surface area (Å²) >= 11 is 10.7. The first kappa shape index (κ1) is 47.5. The van der Waals surface area contributed by atoms with Gasteiger partial charge in [-0.2, -0.15) is 10.2 Å². The van der Waals surface area contributed by atoms with Crippen molar-refractivity contribution in [2.75, 3.05) is 0 Å². The molecular weight excluding hydrogens is 856 g/mol. The van der Waals surface area contributed by atoms with Crippen LogP contribution in [0.15, 0.2) is 130 Å². The van der Waals surface area contributed by atoms with E-state index in [1.807, 2.05) is 97.1 Å². The number of hydrogen-bond donors (Lipinski definition) is 2. The molecule has 2 heterocycles. The van der Waals surface area contributed by atoms with E-state index < -0.39 is 10.4 Å². The first-order valence-electron chi connectivity index (χ1n) is 17.4. The fourth-order valence-electron chi connectivity index (χ4n) is 5.75. The standard InChI is InChI=1S/2C19H22N4S.2Cu.H2O4S/c2*24-19(21-16-11-5-2-6-12-16)23-22-18(15-9-3-1-4-10-15)17-13-7-8-14-20-17;;;1-5(2,3)4/h2*1,3-4,7-10,13-14,16H,2,5-6,11-12H2,(H2,21,23,24);;;(H2,1,2,3,4)/q;;2*+2;/p-4/b2*22-18-;;;. The zero-order valence-electron chi connectivity index (χ0n) is 29.8. The van der Waals surface area contributed by atoms with Crippen molar-refractivity contribution in [1.82, 2.24) is 20.8 Å². The van der Waals surface area contributed by atoms with Crippen molar-refractivity contribution in [3.05, 3.63) is 132 Å². The van der Waals surface area contributed by atoms with Crippen LogP contribution in [0.3, 0.4) is 0 Å². The maximum atomic E-state index is 8.52. The zero-order chi connectivity index (χ0) is 37.7. The largest absolute Gasteiger partial charge is 2.00 e. The molecule has 298 valence electrons. The molecule has 2 N–H and O–H groups in total. The summed E-state index contributed by atoms with van der Waals surface area (Å²) in [4.78, 5) is 18.0. The van der Waals surface area contributed by atoms with Crippen molar-refractivity contribution in [3.63, 3.8) is 0 Å². The number of rotatable bonds is 8. The molecule has 0 unspecified atom stereocenters. The van der Waals surface area contributed by atoms with Crippen molar-refractivity contribution in [2.45, 2.75) is 76.3 Å². The summed E-state index contributed by atoms with van der Waals surface area (Å²) in [5.41, 5.74) is 11.0. The summed E-state index contributed by atoms with van der Waals surface area (Å²) in [6.45, 7) is 0. The molecule has 4 aromatic rings. The summed E-state index contributed by atoms with van der Waals surface area (Å²) in [6, 6.07) is 32.2. The maximum Gasteiger partial charge on any atom is 2.00 e. The van der Waals surface area contributed by atoms with Gasteiger partial charge in [0.1, 0.15) is 11.4 Å². The van der Waals surface area contributed by atoms with Crippen LogP contribution in [0.25, 0.3) is 0 Å². The van der Waals surface area contributed by atoms with Crippen molar-refractivity contribution < 1.29 is 51.7 Å². The number of aromatic nitrogens is 2. The topological polar surface area (TPSA) is 180 Å². The number of hydrazone groups is 2. The van der Waals surface area contributed by atoms with E-state index in [1.165, 1.54) is 38.5 Å². The minimum Gasteiger partial charge on any atom is -0.759 e. The molecule has 2 aromatic carbocycles. The summed E-state index contributed by atoms with van der Waals surface area (Å²) in [5.74, 6) is 0. The Kier molecular flexibility index (Phi) is 22.7. The van der Waals surface area contributed by atoms with E-state index in [0.29, 0.717) is 22.4 Å². The number of nitrogens with zero attached hydrogens (tertiary/aromatic N) is 6. The van der Waals surface area contributed by atoms with Crippen LogP contribution < -0.4 is 10.9 Å². The molecule has 0 atom stereocenters. The van der Waals surface area contributed by atoms with Crippen LogP contribution in [-0.4, -0.2) is 61.3 Å². The average Bonchev–Trinajstić information content (AvgIpc) is 3.17. The number of aliphatic imine (C=N–C) groups is 2. The van der Waals surface area contributed by atoms with Crippen molar-refractivity contribution in [3.8, 4) is 0 Å². The minimum absolute atomic E-state index is 0. The van der Waals surface area contributed by atoms with E-state index in [-0.39, 0.29) is 34.1 Å². The molecule has 6 rings (SSSR count). The second-order valence-corrected chi connectivity index (χ2v) is 13.8. The molecule has 2 radical (unpaired) electrons. The molecule has 2 saturated carbocycles. The molecule has 2 aliphatic rings. The van der Waals surface area contributed by atoms with Crippen LogP contribution in [0.4, 0.5) is 0 Å². The van der Waals surface area contributed by atoms with E-state index in [2.05, 4.69) is 41.0 Å². The molecule has 2 fully saturated rings. The number of hydrogen-bond acceptors (Lipinski definition) is 12. The average molecular weight is 898 g/mol. The molecule has 0 spiro atoms. The molecule has 0 aliphatic heterocycles. The van der Waals surface area contributed by atoms with Gasteiger partial charge in [-0.25, -0.2) is 0 Å². The van der Waals surface area contributed by atoms with Crippen LogP contribution in [0.5, 0.6) is 0 Å². The summed E-state index contributed by atoms with van der Waals surface area (Å²) in [6.07, 6.45) is 15.6. The number of benzene rings is 2. The predicted molar refractivity (Wildman–Crippen MR) is 213 cm³/mol. The second kappa shape index (κ2) is 26.3. The third-order valence-corrected chi connectivity index (χ3v) is 8.58. The summed E-state index contributed by atoms with van der Waals surface area (Å²) < 4.78 is 34.1.